The smallest absolute Gasteiger partial charge is 0.319 e. The molecular weight excluding hydrogens is 729 g/mol. The number of carbonyl (C=O) groups excluding carboxylic acids is 2. The van der Waals surface area contributed by atoms with Crippen LogP contribution in [0.4, 0.5) is 14.6 Å². The number of nitrogens with one attached hydrogen (secondary N) is 1. The van der Waals surface area contributed by atoms with Gasteiger partial charge in [-0.25, -0.2) is 8.78 Å². The zero-order chi connectivity index (χ0) is 39.9. The van der Waals surface area contributed by atoms with Crippen LogP contribution in [-0.2, 0) is 9.59 Å². The van der Waals surface area contributed by atoms with Crippen molar-refractivity contribution in [3.8, 4) is 35.4 Å². The molecule has 2 aromatic heterocycles. The summed E-state index contributed by atoms with van der Waals surface area (Å²) >= 11 is 0. The second-order valence-electron chi connectivity index (χ2n) is 17.1. The predicted octanol–water partition coefficient (Wildman–Crippen LogP) is 6.25. The van der Waals surface area contributed by atoms with E-state index < -0.39 is 17.0 Å². The Balaban J connectivity index is 1.09. The highest BCUT2D eigenvalue weighted by atomic mass is 19.1. The third kappa shape index (κ3) is 5.89. The maximum atomic E-state index is 17.2. The average molecular weight is 776 g/mol. The van der Waals surface area contributed by atoms with E-state index in [9.17, 15) is 14.7 Å². The third-order valence-electron chi connectivity index (χ3n) is 13.7. The number of likely N-dealkylation sites (tertiary alicyclic amines) is 1. The average Bonchev–Trinajstić information content (AvgIpc) is 3.93. The molecule has 3 aliphatic carbocycles. The van der Waals surface area contributed by atoms with Gasteiger partial charge in [0, 0.05) is 47.9 Å². The van der Waals surface area contributed by atoms with Gasteiger partial charge in [0.05, 0.1) is 21.9 Å². The van der Waals surface area contributed by atoms with Crippen molar-refractivity contribution in [2.45, 2.75) is 94.3 Å². The molecule has 0 spiro atoms. The monoisotopic (exact) mass is 775 g/mol. The van der Waals surface area contributed by atoms with Gasteiger partial charge in [-0.15, -0.1) is 6.42 Å². The van der Waals surface area contributed by atoms with Crippen molar-refractivity contribution in [3.05, 3.63) is 60.3 Å². The summed E-state index contributed by atoms with van der Waals surface area (Å²) in [5.41, 5.74) is -1.11. The van der Waals surface area contributed by atoms with Gasteiger partial charge >= 0.3 is 6.01 Å². The molecular formula is C44H47F2N7O4. The van der Waals surface area contributed by atoms with Crippen LogP contribution < -0.4 is 15.0 Å². The molecule has 3 saturated carbocycles. The number of amides is 2. The van der Waals surface area contributed by atoms with Crippen LogP contribution in [-0.4, -0.2) is 98.1 Å². The van der Waals surface area contributed by atoms with E-state index in [0.29, 0.717) is 49.1 Å². The zero-order valence-corrected chi connectivity index (χ0v) is 32.4. The summed E-state index contributed by atoms with van der Waals surface area (Å²) in [4.78, 5) is 47.2. The molecule has 57 heavy (non-hydrogen) atoms. The van der Waals surface area contributed by atoms with Crippen LogP contribution in [0.15, 0.2) is 43.1 Å². The summed E-state index contributed by atoms with van der Waals surface area (Å²) in [6.07, 6.45) is 16.9. The Morgan fingerprint density at radius 3 is 2.60 bits per heavy atom. The van der Waals surface area contributed by atoms with Gasteiger partial charge in [-0.1, -0.05) is 31.9 Å². The first-order valence-electron chi connectivity index (χ1n) is 20.1. The van der Waals surface area contributed by atoms with Crippen LogP contribution in [0.5, 0.6) is 11.8 Å². The summed E-state index contributed by atoms with van der Waals surface area (Å²) in [6, 6.07) is 5.36. The van der Waals surface area contributed by atoms with Crippen molar-refractivity contribution in [2.24, 2.45) is 5.41 Å². The maximum Gasteiger partial charge on any atom is 0.319 e. The first-order valence-corrected chi connectivity index (χ1v) is 20.1. The SMILES string of the molecule is C#Cc1c(F)ccc2cc(O)cc(-c3ncc4c(N5CC6CCC(C5)N6C(=O)C56CCC(NC(=O)C=C)(C5)C6)nc(OCC5(CCC)CCCN5C)nc4c3F)c12. The van der Waals surface area contributed by atoms with Crippen molar-refractivity contribution in [1.82, 2.24) is 30.1 Å². The molecule has 4 aromatic rings. The molecule has 11 nitrogen and oxygen atoms in total. The van der Waals surface area contributed by atoms with Gasteiger partial charge in [0.2, 0.25) is 11.8 Å². The van der Waals surface area contributed by atoms with Crippen LogP contribution in [0.25, 0.3) is 32.9 Å². The molecule has 6 fully saturated rings. The number of halogens is 2. The van der Waals surface area contributed by atoms with E-state index >= 15 is 8.78 Å². The van der Waals surface area contributed by atoms with Crippen LogP contribution >= 0.6 is 0 Å². The topological polar surface area (TPSA) is 124 Å². The first-order chi connectivity index (χ1) is 27.4. The van der Waals surface area contributed by atoms with E-state index in [2.05, 4.69) is 56.5 Å². The molecule has 6 aliphatic rings. The van der Waals surface area contributed by atoms with Gasteiger partial charge in [0.25, 0.3) is 0 Å². The van der Waals surface area contributed by atoms with Crippen LogP contribution in [0, 0.1) is 29.4 Å². The van der Waals surface area contributed by atoms with E-state index in [4.69, 9.17) is 16.1 Å². The van der Waals surface area contributed by atoms with Crippen molar-refractivity contribution in [3.63, 3.8) is 0 Å². The lowest BCUT2D eigenvalue weighted by molar-refractivity contribution is -0.152. The molecule has 3 atom stereocenters. The number of piperazine rings is 1. The van der Waals surface area contributed by atoms with E-state index in [-0.39, 0.29) is 74.5 Å². The normalized spacial score (nSPS) is 27.8. The Labute approximate surface area is 330 Å². The minimum atomic E-state index is -0.782. The minimum absolute atomic E-state index is 0.0254. The Bertz CT molecular complexity index is 2380. The number of phenols is 1. The lowest BCUT2D eigenvalue weighted by Crippen LogP contribution is -2.64. The Morgan fingerprint density at radius 1 is 1.14 bits per heavy atom. The van der Waals surface area contributed by atoms with Crippen molar-refractivity contribution in [1.29, 1.82) is 0 Å². The summed E-state index contributed by atoms with van der Waals surface area (Å²) in [5.74, 6) is 1.23. The molecule has 3 unspecified atom stereocenters. The molecule has 3 aliphatic heterocycles. The number of aromatic hydroxyl groups is 1. The Kier molecular flexibility index (Phi) is 8.92. The zero-order valence-electron chi connectivity index (χ0n) is 32.4. The number of terminal acetylenes is 1. The summed E-state index contributed by atoms with van der Waals surface area (Å²) in [5, 5.41) is 14.8. The van der Waals surface area contributed by atoms with Crippen molar-refractivity contribution in [2.75, 3.05) is 38.2 Å². The Hall–Kier alpha value is -5.35. The van der Waals surface area contributed by atoms with Crippen LogP contribution in [0.1, 0.15) is 76.7 Å². The highest BCUT2D eigenvalue weighted by Crippen LogP contribution is 2.63. The molecule has 2 aromatic carbocycles. The van der Waals surface area contributed by atoms with Crippen molar-refractivity contribution >= 4 is 39.3 Å². The number of fused-ring (bicyclic) bond motifs is 5. The molecule has 13 heteroatoms. The number of nitrogens with zero attached hydrogens (tertiary/aromatic N) is 6. The number of pyridine rings is 1. The number of hydrogen-bond acceptors (Lipinski definition) is 9. The fourth-order valence-electron chi connectivity index (χ4n) is 11.1. The molecule has 2 N–H and O–H groups in total. The third-order valence-corrected chi connectivity index (χ3v) is 13.7. The van der Waals surface area contributed by atoms with E-state index in [0.717, 1.165) is 57.9 Å². The van der Waals surface area contributed by atoms with Gasteiger partial charge in [-0.05, 0) is 101 Å². The molecule has 3 saturated heterocycles. The molecule has 4 bridgehead atoms. The number of benzene rings is 2. The highest BCUT2D eigenvalue weighted by Gasteiger charge is 2.67. The van der Waals surface area contributed by atoms with Crippen LogP contribution in [0.3, 0.4) is 0 Å². The maximum absolute atomic E-state index is 17.2. The summed E-state index contributed by atoms with van der Waals surface area (Å²) in [6.45, 7) is 7.98. The second kappa shape index (κ2) is 13.6. The van der Waals surface area contributed by atoms with Gasteiger partial charge in [-0.3, -0.25) is 19.5 Å². The number of rotatable bonds is 10. The quantitative estimate of drug-likeness (QED) is 0.142. The van der Waals surface area contributed by atoms with Gasteiger partial charge in [0.15, 0.2) is 5.82 Å². The lowest BCUT2D eigenvalue weighted by Gasteiger charge is -2.51. The molecule has 5 heterocycles. The fourth-order valence-corrected chi connectivity index (χ4v) is 11.1. The summed E-state index contributed by atoms with van der Waals surface area (Å²) in [7, 11) is 2.10. The number of phenolic OH excluding ortho intramolecular Hbond substituents is 1. The first kappa shape index (κ1) is 37.2. The molecule has 2 amide bonds. The summed E-state index contributed by atoms with van der Waals surface area (Å²) < 4.78 is 38.7. The number of likely N-dealkylation sites (N-methyl/N-ethyl adjacent to an activating group) is 1. The highest BCUT2D eigenvalue weighted by molar-refractivity contribution is 6.03. The minimum Gasteiger partial charge on any atom is -0.508 e. The Morgan fingerprint density at radius 2 is 1.91 bits per heavy atom. The number of aromatic nitrogens is 3. The van der Waals surface area contributed by atoms with Crippen molar-refractivity contribution < 1.29 is 28.2 Å². The molecule has 10 rings (SSSR count). The molecule has 296 valence electrons. The number of hydrogen-bond donors (Lipinski definition) is 2. The molecule has 0 radical (unpaired) electrons. The number of ether oxygens (including phenoxy) is 1. The standard InChI is InChI=1S/C44H47F2N7O4/c1-5-13-44(14-8-17-51(44)4)25-57-41-48-38-32(20-47-37(36(38)46)31-19-29(54)18-26-9-12-33(45)30(6-2)35(26)31)39(49-41)52-21-27-10-11-28(22-52)53(27)40(56)42-15-16-43(23-42,24-42)50-34(55)7-3/h2,7,9,12,18-20,27-28,54H,3,5,8,10-11,13-17,21-25H2,1,4H3,(H,50,55). The van der Waals surface area contributed by atoms with E-state index in [1.165, 1.54) is 36.5 Å². The lowest BCUT2D eigenvalue weighted by atomic mass is 9.64. The van der Waals surface area contributed by atoms with E-state index in [1.807, 2.05) is 0 Å². The predicted molar refractivity (Wildman–Crippen MR) is 213 cm³/mol. The van der Waals surface area contributed by atoms with Crippen LogP contribution in [0.2, 0.25) is 0 Å². The van der Waals surface area contributed by atoms with Gasteiger partial charge < -0.3 is 25.0 Å². The second-order valence-corrected chi connectivity index (χ2v) is 17.1. The van der Waals surface area contributed by atoms with E-state index in [1.54, 1.807) is 0 Å². The largest absolute Gasteiger partial charge is 0.508 e. The number of carbonyl (C=O) groups is 2. The van der Waals surface area contributed by atoms with Gasteiger partial charge in [-0.2, -0.15) is 9.97 Å². The van der Waals surface area contributed by atoms with Gasteiger partial charge in [0.1, 0.15) is 35.2 Å². The fraction of sp³-hybridized carbons (Fsp3) is 0.477. The number of anilines is 1.